The highest BCUT2D eigenvalue weighted by molar-refractivity contribution is 4.94. The maximum absolute atomic E-state index is 3.54. The van der Waals surface area contributed by atoms with Gasteiger partial charge < -0.3 is 5.32 Å². The van der Waals surface area contributed by atoms with Gasteiger partial charge in [-0.1, -0.05) is 13.3 Å². The van der Waals surface area contributed by atoms with E-state index in [2.05, 4.69) is 17.1 Å². The molecular formula is C14H26N2. The zero-order valence-electron chi connectivity index (χ0n) is 10.6. The average molecular weight is 222 g/mol. The van der Waals surface area contributed by atoms with Gasteiger partial charge in [0.2, 0.25) is 0 Å². The Hall–Kier alpha value is -0.0800. The highest BCUT2D eigenvalue weighted by Gasteiger charge is 2.39. The van der Waals surface area contributed by atoms with E-state index in [1.165, 1.54) is 58.3 Å². The van der Waals surface area contributed by atoms with Crippen LogP contribution in [0.15, 0.2) is 0 Å². The third-order valence-corrected chi connectivity index (χ3v) is 5.33. The van der Waals surface area contributed by atoms with Crippen molar-refractivity contribution in [1.29, 1.82) is 0 Å². The van der Waals surface area contributed by atoms with Crippen molar-refractivity contribution in [2.75, 3.05) is 26.2 Å². The lowest BCUT2D eigenvalue weighted by molar-refractivity contribution is 0.154. The Morgan fingerprint density at radius 3 is 2.19 bits per heavy atom. The molecule has 0 radical (unpaired) electrons. The summed E-state index contributed by atoms with van der Waals surface area (Å²) in [6.45, 7) is 7.70. The standard InChI is InChI=1S/C14H26N2/c1-2-11-3-5-14(6-4-11)16-9-12-7-15-8-13(12)10-16/h11-15H,2-10H2,1H3. The molecule has 0 spiro atoms. The van der Waals surface area contributed by atoms with E-state index >= 15 is 0 Å². The van der Waals surface area contributed by atoms with Crippen molar-refractivity contribution < 1.29 is 0 Å². The highest BCUT2D eigenvalue weighted by Crippen LogP contribution is 2.34. The van der Waals surface area contributed by atoms with Gasteiger partial charge in [0, 0.05) is 19.1 Å². The molecule has 2 atom stereocenters. The molecule has 1 aliphatic carbocycles. The van der Waals surface area contributed by atoms with E-state index in [1.54, 1.807) is 0 Å². The van der Waals surface area contributed by atoms with Crippen molar-refractivity contribution >= 4 is 0 Å². The van der Waals surface area contributed by atoms with Crippen molar-refractivity contribution in [1.82, 2.24) is 10.2 Å². The van der Waals surface area contributed by atoms with Gasteiger partial charge in [-0.05, 0) is 56.5 Å². The second-order valence-corrected chi connectivity index (χ2v) is 6.22. The number of nitrogens with one attached hydrogen (secondary N) is 1. The number of hydrogen-bond donors (Lipinski definition) is 1. The molecule has 2 heterocycles. The van der Waals surface area contributed by atoms with Crippen molar-refractivity contribution in [2.24, 2.45) is 17.8 Å². The molecule has 3 rings (SSSR count). The molecule has 2 aliphatic heterocycles. The third-order valence-electron chi connectivity index (χ3n) is 5.33. The molecule has 0 bridgehead atoms. The Bertz CT molecular complexity index is 221. The first-order valence-corrected chi connectivity index (χ1v) is 7.31. The van der Waals surface area contributed by atoms with Gasteiger partial charge in [0.25, 0.3) is 0 Å². The van der Waals surface area contributed by atoms with Gasteiger partial charge in [0.1, 0.15) is 0 Å². The summed E-state index contributed by atoms with van der Waals surface area (Å²) in [4.78, 5) is 2.82. The smallest absolute Gasteiger partial charge is 0.00957 e. The molecule has 1 N–H and O–H groups in total. The molecule has 0 aromatic carbocycles. The minimum atomic E-state index is 0.938. The van der Waals surface area contributed by atoms with E-state index in [4.69, 9.17) is 0 Å². The van der Waals surface area contributed by atoms with Crippen LogP contribution in [-0.2, 0) is 0 Å². The van der Waals surface area contributed by atoms with Gasteiger partial charge in [-0.3, -0.25) is 4.90 Å². The van der Waals surface area contributed by atoms with Gasteiger partial charge in [-0.25, -0.2) is 0 Å². The quantitative estimate of drug-likeness (QED) is 0.770. The molecule has 2 nitrogen and oxygen atoms in total. The maximum Gasteiger partial charge on any atom is 0.00957 e. The Kier molecular flexibility index (Phi) is 3.21. The summed E-state index contributed by atoms with van der Waals surface area (Å²) in [6, 6.07) is 0.938. The molecule has 2 heteroatoms. The van der Waals surface area contributed by atoms with E-state index in [-0.39, 0.29) is 0 Å². The van der Waals surface area contributed by atoms with Crippen molar-refractivity contribution in [2.45, 2.75) is 45.1 Å². The molecule has 3 fully saturated rings. The van der Waals surface area contributed by atoms with Gasteiger partial charge in [0.15, 0.2) is 0 Å². The first kappa shape index (κ1) is 11.0. The van der Waals surface area contributed by atoms with Crippen LogP contribution in [-0.4, -0.2) is 37.1 Å². The Morgan fingerprint density at radius 2 is 1.62 bits per heavy atom. The zero-order valence-corrected chi connectivity index (χ0v) is 10.6. The van der Waals surface area contributed by atoms with Crippen LogP contribution in [0.1, 0.15) is 39.0 Å². The lowest BCUT2D eigenvalue weighted by Gasteiger charge is -2.34. The largest absolute Gasteiger partial charge is 0.316 e. The minimum Gasteiger partial charge on any atom is -0.316 e. The lowest BCUT2D eigenvalue weighted by Crippen LogP contribution is -2.38. The minimum absolute atomic E-state index is 0.938. The first-order valence-electron chi connectivity index (χ1n) is 7.31. The predicted octanol–water partition coefficient (Wildman–Crippen LogP) is 2.11. The normalized spacial score (nSPS) is 44.8. The maximum atomic E-state index is 3.54. The van der Waals surface area contributed by atoms with Crippen LogP contribution in [0.5, 0.6) is 0 Å². The number of likely N-dealkylation sites (tertiary alicyclic amines) is 1. The SMILES string of the molecule is CCC1CCC(N2CC3CNCC3C2)CC1. The number of fused-ring (bicyclic) bond motifs is 1. The van der Waals surface area contributed by atoms with Gasteiger partial charge in [-0.2, -0.15) is 0 Å². The number of rotatable bonds is 2. The summed E-state index contributed by atoms with van der Waals surface area (Å²) in [5.74, 6) is 2.99. The molecule has 0 aromatic heterocycles. The van der Waals surface area contributed by atoms with E-state index < -0.39 is 0 Å². The fourth-order valence-electron chi connectivity index (χ4n) is 4.11. The molecule has 0 aromatic rings. The van der Waals surface area contributed by atoms with Crippen LogP contribution in [0.3, 0.4) is 0 Å². The predicted molar refractivity (Wildman–Crippen MR) is 67.5 cm³/mol. The van der Waals surface area contributed by atoms with Crippen LogP contribution >= 0.6 is 0 Å². The monoisotopic (exact) mass is 222 g/mol. The van der Waals surface area contributed by atoms with E-state index in [0.717, 1.165) is 23.8 Å². The molecule has 3 aliphatic rings. The second kappa shape index (κ2) is 4.66. The fraction of sp³-hybridized carbons (Fsp3) is 1.00. The number of nitrogens with zero attached hydrogens (tertiary/aromatic N) is 1. The van der Waals surface area contributed by atoms with Gasteiger partial charge in [0.05, 0.1) is 0 Å². The average Bonchev–Trinajstić information content (AvgIpc) is 2.89. The molecule has 2 unspecified atom stereocenters. The summed E-state index contributed by atoms with van der Waals surface area (Å²) < 4.78 is 0. The highest BCUT2D eigenvalue weighted by atomic mass is 15.2. The van der Waals surface area contributed by atoms with Crippen molar-refractivity contribution in [3.8, 4) is 0 Å². The molecule has 0 amide bonds. The summed E-state index contributed by atoms with van der Waals surface area (Å²) in [6.07, 6.45) is 7.34. The van der Waals surface area contributed by atoms with Crippen molar-refractivity contribution in [3.05, 3.63) is 0 Å². The second-order valence-electron chi connectivity index (χ2n) is 6.22. The molecule has 1 saturated carbocycles. The van der Waals surface area contributed by atoms with Crippen LogP contribution in [0.25, 0.3) is 0 Å². The first-order chi connectivity index (χ1) is 7.86. The fourth-order valence-corrected chi connectivity index (χ4v) is 4.11. The summed E-state index contributed by atoms with van der Waals surface area (Å²) in [5, 5.41) is 3.54. The lowest BCUT2D eigenvalue weighted by atomic mass is 9.84. The summed E-state index contributed by atoms with van der Waals surface area (Å²) in [5.41, 5.74) is 0. The summed E-state index contributed by atoms with van der Waals surface area (Å²) in [7, 11) is 0. The topological polar surface area (TPSA) is 15.3 Å². The molecule has 16 heavy (non-hydrogen) atoms. The summed E-state index contributed by atoms with van der Waals surface area (Å²) >= 11 is 0. The Morgan fingerprint density at radius 1 is 1.00 bits per heavy atom. The van der Waals surface area contributed by atoms with Crippen LogP contribution in [0.4, 0.5) is 0 Å². The van der Waals surface area contributed by atoms with Crippen LogP contribution in [0.2, 0.25) is 0 Å². The third kappa shape index (κ3) is 2.02. The Balaban J connectivity index is 1.52. The van der Waals surface area contributed by atoms with E-state index in [0.29, 0.717) is 0 Å². The van der Waals surface area contributed by atoms with Crippen molar-refractivity contribution in [3.63, 3.8) is 0 Å². The van der Waals surface area contributed by atoms with Gasteiger partial charge in [-0.15, -0.1) is 0 Å². The number of hydrogen-bond acceptors (Lipinski definition) is 2. The van der Waals surface area contributed by atoms with Crippen LogP contribution in [0, 0.1) is 17.8 Å². The van der Waals surface area contributed by atoms with E-state index in [9.17, 15) is 0 Å². The molecular weight excluding hydrogens is 196 g/mol. The van der Waals surface area contributed by atoms with Crippen LogP contribution < -0.4 is 5.32 Å². The molecule has 2 saturated heterocycles. The van der Waals surface area contributed by atoms with Gasteiger partial charge >= 0.3 is 0 Å². The zero-order chi connectivity index (χ0) is 11.0. The Labute approximate surface area is 99.8 Å². The molecule has 92 valence electrons. The van der Waals surface area contributed by atoms with E-state index in [1.807, 2.05) is 0 Å².